The summed E-state index contributed by atoms with van der Waals surface area (Å²) in [6, 6.07) is 4.78. The van der Waals surface area contributed by atoms with Gasteiger partial charge in [-0.2, -0.15) is 0 Å². The Morgan fingerprint density at radius 1 is 1.47 bits per heavy atom. The summed E-state index contributed by atoms with van der Waals surface area (Å²) in [7, 11) is 1.51. The molecule has 0 unspecified atom stereocenters. The number of carbonyl (C=O) groups is 1. The van der Waals surface area contributed by atoms with E-state index < -0.39 is 5.60 Å². The number of hydrogen-bond donors (Lipinski definition) is 3. The normalized spacial score (nSPS) is 11.1. The molecular weight excluding hydrogens is 220 g/mol. The Balaban J connectivity index is 2.78. The standard InChI is InChI=1S/C12H18N2O3/c1-12(2,16)7-14-11(15)8-4-9(13)6-10(5-8)17-3/h4-6,16H,7,13H2,1-3H3,(H,14,15). The van der Waals surface area contributed by atoms with Gasteiger partial charge in [0, 0.05) is 23.9 Å². The van der Waals surface area contributed by atoms with Gasteiger partial charge in [0.15, 0.2) is 0 Å². The quantitative estimate of drug-likeness (QED) is 0.677. The van der Waals surface area contributed by atoms with Crippen molar-refractivity contribution >= 4 is 11.6 Å². The van der Waals surface area contributed by atoms with Crippen molar-refractivity contribution in [3.63, 3.8) is 0 Å². The van der Waals surface area contributed by atoms with Gasteiger partial charge in [-0.25, -0.2) is 0 Å². The molecule has 0 aliphatic rings. The molecule has 1 rings (SSSR count). The second kappa shape index (κ2) is 5.05. The molecule has 0 heterocycles. The second-order valence-electron chi connectivity index (χ2n) is 4.49. The van der Waals surface area contributed by atoms with Crippen LogP contribution in [0.2, 0.25) is 0 Å². The molecule has 0 saturated heterocycles. The molecule has 17 heavy (non-hydrogen) atoms. The zero-order valence-corrected chi connectivity index (χ0v) is 10.3. The van der Waals surface area contributed by atoms with Gasteiger partial charge in [-0.15, -0.1) is 0 Å². The lowest BCUT2D eigenvalue weighted by Crippen LogP contribution is -2.38. The molecule has 4 N–H and O–H groups in total. The summed E-state index contributed by atoms with van der Waals surface area (Å²) in [5.41, 5.74) is 5.57. The van der Waals surface area contributed by atoms with Crippen molar-refractivity contribution in [2.45, 2.75) is 19.4 Å². The maximum atomic E-state index is 11.8. The number of methoxy groups -OCH3 is 1. The van der Waals surface area contributed by atoms with E-state index in [4.69, 9.17) is 10.5 Å². The van der Waals surface area contributed by atoms with Gasteiger partial charge in [0.05, 0.1) is 12.7 Å². The second-order valence-corrected chi connectivity index (χ2v) is 4.49. The smallest absolute Gasteiger partial charge is 0.251 e. The summed E-state index contributed by atoms with van der Waals surface area (Å²) in [5, 5.41) is 12.1. The first-order valence-corrected chi connectivity index (χ1v) is 5.27. The van der Waals surface area contributed by atoms with Crippen LogP contribution in [0.15, 0.2) is 18.2 Å². The molecule has 0 atom stereocenters. The van der Waals surface area contributed by atoms with Gasteiger partial charge in [-0.3, -0.25) is 4.79 Å². The third-order valence-electron chi connectivity index (χ3n) is 2.11. The van der Waals surface area contributed by atoms with Crippen molar-refractivity contribution in [1.29, 1.82) is 0 Å². The lowest BCUT2D eigenvalue weighted by molar-refractivity contribution is 0.0694. The molecule has 0 fully saturated rings. The number of nitrogens with one attached hydrogen (secondary N) is 1. The fraction of sp³-hybridized carbons (Fsp3) is 0.417. The fourth-order valence-corrected chi connectivity index (χ4v) is 1.27. The van der Waals surface area contributed by atoms with Crippen LogP contribution in [0.4, 0.5) is 5.69 Å². The Morgan fingerprint density at radius 3 is 2.65 bits per heavy atom. The van der Waals surface area contributed by atoms with Crippen LogP contribution in [0.25, 0.3) is 0 Å². The first-order valence-electron chi connectivity index (χ1n) is 5.27. The third kappa shape index (κ3) is 4.32. The number of aliphatic hydroxyl groups is 1. The molecule has 0 aromatic heterocycles. The maximum Gasteiger partial charge on any atom is 0.251 e. The number of ether oxygens (including phenoxy) is 1. The molecule has 0 aliphatic heterocycles. The van der Waals surface area contributed by atoms with Gasteiger partial charge in [-0.05, 0) is 26.0 Å². The van der Waals surface area contributed by atoms with E-state index in [-0.39, 0.29) is 12.5 Å². The van der Waals surface area contributed by atoms with Crippen LogP contribution in [0.1, 0.15) is 24.2 Å². The Kier molecular flexibility index (Phi) is 3.96. The first-order chi connectivity index (χ1) is 7.81. The highest BCUT2D eigenvalue weighted by Crippen LogP contribution is 2.18. The van der Waals surface area contributed by atoms with E-state index in [9.17, 15) is 9.90 Å². The van der Waals surface area contributed by atoms with Crippen LogP contribution in [0.3, 0.4) is 0 Å². The molecule has 5 heteroatoms. The molecule has 94 valence electrons. The van der Waals surface area contributed by atoms with Crippen LogP contribution in [-0.2, 0) is 0 Å². The summed E-state index contributed by atoms with van der Waals surface area (Å²) < 4.78 is 5.02. The fourth-order valence-electron chi connectivity index (χ4n) is 1.27. The van der Waals surface area contributed by atoms with E-state index in [1.807, 2.05) is 0 Å². The monoisotopic (exact) mass is 238 g/mol. The Labute approximate surface area is 101 Å². The molecule has 0 radical (unpaired) electrons. The Bertz CT molecular complexity index is 411. The van der Waals surface area contributed by atoms with E-state index >= 15 is 0 Å². The highest BCUT2D eigenvalue weighted by atomic mass is 16.5. The molecule has 0 saturated carbocycles. The first kappa shape index (κ1) is 13.3. The van der Waals surface area contributed by atoms with Crippen molar-refractivity contribution in [2.24, 2.45) is 0 Å². The van der Waals surface area contributed by atoms with E-state index in [0.717, 1.165) is 0 Å². The number of amides is 1. The molecule has 1 aromatic rings. The number of rotatable bonds is 4. The van der Waals surface area contributed by atoms with Gasteiger partial charge >= 0.3 is 0 Å². The van der Waals surface area contributed by atoms with Crippen molar-refractivity contribution in [3.05, 3.63) is 23.8 Å². The van der Waals surface area contributed by atoms with Crippen molar-refractivity contribution in [3.8, 4) is 5.75 Å². The number of nitrogen functional groups attached to an aromatic ring is 1. The van der Waals surface area contributed by atoms with Gasteiger partial charge in [0.2, 0.25) is 0 Å². The lowest BCUT2D eigenvalue weighted by atomic mass is 10.1. The predicted octanol–water partition coefficient (Wildman–Crippen LogP) is 0.778. The van der Waals surface area contributed by atoms with Gasteiger partial charge in [0.1, 0.15) is 5.75 Å². The van der Waals surface area contributed by atoms with Crippen molar-refractivity contribution in [2.75, 3.05) is 19.4 Å². The summed E-state index contributed by atoms with van der Waals surface area (Å²) in [5.74, 6) is 0.233. The van der Waals surface area contributed by atoms with Gasteiger partial charge < -0.3 is 20.9 Å². The highest BCUT2D eigenvalue weighted by molar-refractivity contribution is 5.95. The number of anilines is 1. The SMILES string of the molecule is COc1cc(N)cc(C(=O)NCC(C)(C)O)c1. The van der Waals surface area contributed by atoms with Gasteiger partial charge in [-0.1, -0.05) is 0 Å². The Morgan fingerprint density at radius 2 is 2.12 bits per heavy atom. The number of carbonyl (C=O) groups excluding carboxylic acids is 1. The zero-order valence-electron chi connectivity index (χ0n) is 10.3. The number of hydrogen-bond acceptors (Lipinski definition) is 4. The molecule has 1 aromatic carbocycles. The van der Waals surface area contributed by atoms with Crippen LogP contribution in [0, 0.1) is 0 Å². The topological polar surface area (TPSA) is 84.6 Å². The lowest BCUT2D eigenvalue weighted by Gasteiger charge is -2.17. The molecular formula is C12H18N2O3. The summed E-state index contributed by atoms with van der Waals surface area (Å²) in [6.07, 6.45) is 0. The van der Waals surface area contributed by atoms with E-state index in [1.165, 1.54) is 7.11 Å². The van der Waals surface area contributed by atoms with E-state index in [1.54, 1.807) is 32.0 Å². The minimum atomic E-state index is -0.944. The van der Waals surface area contributed by atoms with E-state index in [0.29, 0.717) is 17.0 Å². The summed E-state index contributed by atoms with van der Waals surface area (Å²) in [4.78, 5) is 11.8. The van der Waals surface area contributed by atoms with Crippen molar-refractivity contribution in [1.82, 2.24) is 5.32 Å². The molecule has 0 aliphatic carbocycles. The summed E-state index contributed by atoms with van der Waals surface area (Å²) in [6.45, 7) is 3.41. The van der Waals surface area contributed by atoms with E-state index in [2.05, 4.69) is 5.32 Å². The van der Waals surface area contributed by atoms with Crippen LogP contribution in [0.5, 0.6) is 5.75 Å². The van der Waals surface area contributed by atoms with Crippen LogP contribution < -0.4 is 15.8 Å². The average Bonchev–Trinajstić information content (AvgIpc) is 2.23. The minimum absolute atomic E-state index is 0.170. The zero-order chi connectivity index (χ0) is 13.1. The summed E-state index contributed by atoms with van der Waals surface area (Å²) >= 11 is 0. The largest absolute Gasteiger partial charge is 0.497 e. The minimum Gasteiger partial charge on any atom is -0.497 e. The van der Waals surface area contributed by atoms with Crippen LogP contribution >= 0.6 is 0 Å². The van der Waals surface area contributed by atoms with Gasteiger partial charge in [0.25, 0.3) is 5.91 Å². The molecule has 5 nitrogen and oxygen atoms in total. The average molecular weight is 238 g/mol. The van der Waals surface area contributed by atoms with Crippen molar-refractivity contribution < 1.29 is 14.6 Å². The molecule has 0 spiro atoms. The third-order valence-corrected chi connectivity index (χ3v) is 2.11. The van der Waals surface area contributed by atoms with Crippen LogP contribution in [-0.4, -0.2) is 30.3 Å². The molecule has 1 amide bonds. The highest BCUT2D eigenvalue weighted by Gasteiger charge is 2.15. The maximum absolute atomic E-state index is 11.8. The Hall–Kier alpha value is -1.75. The predicted molar refractivity (Wildman–Crippen MR) is 66.0 cm³/mol. The molecule has 0 bridgehead atoms. The number of benzene rings is 1. The number of nitrogens with two attached hydrogens (primary N) is 1.